The van der Waals surface area contributed by atoms with Crippen molar-refractivity contribution in [3.05, 3.63) is 77.0 Å². The van der Waals surface area contributed by atoms with Gasteiger partial charge in [-0.2, -0.15) is 0 Å². The molecule has 1 amide bonds. The fourth-order valence-electron chi connectivity index (χ4n) is 4.39. The number of nitrogens with zero attached hydrogens (tertiary/aromatic N) is 2. The Balaban J connectivity index is 1.69. The van der Waals surface area contributed by atoms with Gasteiger partial charge in [0.2, 0.25) is 0 Å². The van der Waals surface area contributed by atoms with Crippen molar-refractivity contribution < 1.29 is 9.53 Å². The summed E-state index contributed by atoms with van der Waals surface area (Å²) >= 11 is 0. The number of fused-ring (bicyclic) bond motifs is 2. The molecule has 1 fully saturated rings. The summed E-state index contributed by atoms with van der Waals surface area (Å²) in [6, 6.07) is 18.4. The lowest BCUT2D eigenvalue weighted by Gasteiger charge is -2.30. The number of pyridine rings is 1. The molecule has 0 spiro atoms. The molecule has 2 heterocycles. The van der Waals surface area contributed by atoms with Gasteiger partial charge in [-0.05, 0) is 48.1 Å². The normalized spacial score (nSPS) is 18.1. The third-order valence-corrected chi connectivity index (χ3v) is 5.82. The van der Waals surface area contributed by atoms with Crippen LogP contribution < -0.4 is 0 Å². The number of amides is 1. The summed E-state index contributed by atoms with van der Waals surface area (Å²) in [5.74, 6) is 0.115. The van der Waals surface area contributed by atoms with Gasteiger partial charge in [-0.1, -0.05) is 48.5 Å². The zero-order chi connectivity index (χ0) is 19.6. The van der Waals surface area contributed by atoms with Gasteiger partial charge in [0.1, 0.15) is 0 Å². The van der Waals surface area contributed by atoms with Crippen LogP contribution in [-0.2, 0) is 11.2 Å². The number of carbonyl (C=O) groups excluding carboxylic acids is 1. The molecule has 1 aliphatic heterocycles. The first-order valence-electron chi connectivity index (χ1n) is 10.4. The number of hydrogen-bond acceptors (Lipinski definition) is 3. The van der Waals surface area contributed by atoms with Crippen LogP contribution in [0.5, 0.6) is 0 Å². The maximum absolute atomic E-state index is 13.6. The van der Waals surface area contributed by atoms with E-state index in [-0.39, 0.29) is 5.91 Å². The fourth-order valence-corrected chi connectivity index (χ4v) is 4.39. The summed E-state index contributed by atoms with van der Waals surface area (Å²) in [6.45, 7) is 2.51. The summed E-state index contributed by atoms with van der Waals surface area (Å²) < 4.78 is 5.45. The minimum Gasteiger partial charge on any atom is -0.378 e. The number of allylic oxidation sites excluding steroid dienone is 1. The van der Waals surface area contributed by atoms with Gasteiger partial charge in [0.25, 0.3) is 5.91 Å². The molecule has 0 N–H and O–H groups in total. The molecule has 29 heavy (non-hydrogen) atoms. The molecule has 1 aliphatic carbocycles. The van der Waals surface area contributed by atoms with Gasteiger partial charge >= 0.3 is 0 Å². The van der Waals surface area contributed by atoms with Crippen molar-refractivity contribution in [2.24, 2.45) is 0 Å². The van der Waals surface area contributed by atoms with Gasteiger partial charge in [-0.3, -0.25) is 4.79 Å². The molecule has 0 saturated carbocycles. The van der Waals surface area contributed by atoms with Crippen LogP contribution in [-0.4, -0.2) is 42.1 Å². The number of benzene rings is 2. The van der Waals surface area contributed by atoms with Crippen LogP contribution in [0, 0.1) is 0 Å². The summed E-state index contributed by atoms with van der Waals surface area (Å²) in [4.78, 5) is 20.5. The molecular weight excluding hydrogens is 360 g/mol. The van der Waals surface area contributed by atoms with E-state index in [4.69, 9.17) is 9.72 Å². The zero-order valence-corrected chi connectivity index (χ0v) is 16.4. The first-order valence-corrected chi connectivity index (χ1v) is 10.4. The molecule has 146 valence electrons. The fraction of sp³-hybridized carbons (Fsp3) is 0.280. The maximum atomic E-state index is 13.6. The molecule has 4 nitrogen and oxygen atoms in total. The minimum atomic E-state index is 0.115. The molecule has 1 aromatic heterocycles. The third-order valence-electron chi connectivity index (χ3n) is 5.82. The molecule has 0 atom stereocenters. The number of hydrogen-bond donors (Lipinski definition) is 0. The highest BCUT2D eigenvalue weighted by Gasteiger charge is 2.28. The number of aromatic nitrogens is 1. The van der Waals surface area contributed by atoms with Crippen molar-refractivity contribution in [1.82, 2.24) is 9.88 Å². The van der Waals surface area contributed by atoms with E-state index < -0.39 is 0 Å². The summed E-state index contributed by atoms with van der Waals surface area (Å²) in [5.41, 5.74) is 6.23. The average Bonchev–Trinajstić information content (AvgIpc) is 2.79. The van der Waals surface area contributed by atoms with E-state index in [1.807, 2.05) is 35.2 Å². The molecule has 1 saturated heterocycles. The largest absolute Gasteiger partial charge is 0.378 e. The number of rotatable bonds is 2. The van der Waals surface area contributed by atoms with E-state index in [2.05, 4.69) is 30.3 Å². The summed E-state index contributed by atoms with van der Waals surface area (Å²) in [7, 11) is 0. The molecular formula is C25H24N2O2. The molecule has 5 rings (SSSR count). The van der Waals surface area contributed by atoms with Crippen molar-refractivity contribution in [2.45, 2.75) is 19.3 Å². The van der Waals surface area contributed by atoms with E-state index in [1.165, 1.54) is 11.1 Å². The zero-order valence-electron chi connectivity index (χ0n) is 16.4. The van der Waals surface area contributed by atoms with Crippen LogP contribution in [0.15, 0.2) is 54.6 Å². The van der Waals surface area contributed by atoms with Crippen molar-refractivity contribution >= 4 is 28.5 Å². The summed E-state index contributed by atoms with van der Waals surface area (Å²) in [5, 5.41) is 0.962. The van der Waals surface area contributed by atoms with Crippen LogP contribution in [0.3, 0.4) is 0 Å². The number of morpholine rings is 1. The van der Waals surface area contributed by atoms with Gasteiger partial charge in [0.15, 0.2) is 0 Å². The van der Waals surface area contributed by atoms with Crippen molar-refractivity contribution in [1.29, 1.82) is 0 Å². The first-order chi connectivity index (χ1) is 14.3. The lowest BCUT2D eigenvalue weighted by molar-refractivity contribution is 0.0303. The molecule has 2 aromatic carbocycles. The maximum Gasteiger partial charge on any atom is 0.255 e. The topological polar surface area (TPSA) is 42.4 Å². The van der Waals surface area contributed by atoms with Crippen molar-refractivity contribution in [3.8, 4) is 0 Å². The highest BCUT2D eigenvalue weighted by atomic mass is 16.5. The average molecular weight is 384 g/mol. The predicted molar refractivity (Wildman–Crippen MR) is 116 cm³/mol. The van der Waals surface area contributed by atoms with Gasteiger partial charge in [0.05, 0.1) is 30.0 Å². The highest BCUT2D eigenvalue weighted by molar-refractivity contribution is 6.09. The van der Waals surface area contributed by atoms with Gasteiger partial charge in [0, 0.05) is 18.5 Å². The molecule has 4 heteroatoms. The second kappa shape index (κ2) is 7.80. The second-order valence-corrected chi connectivity index (χ2v) is 7.67. The van der Waals surface area contributed by atoms with Gasteiger partial charge in [-0.15, -0.1) is 0 Å². The SMILES string of the molecule is O=C(c1c2c(nc3ccccc13)C(=Cc1ccccc1)CCC2)N1CCOCC1. The van der Waals surface area contributed by atoms with Crippen LogP contribution >= 0.6 is 0 Å². The van der Waals surface area contributed by atoms with E-state index in [0.29, 0.717) is 26.3 Å². The van der Waals surface area contributed by atoms with E-state index in [1.54, 1.807) is 0 Å². The Morgan fingerprint density at radius 1 is 0.966 bits per heavy atom. The standard InChI is InChI=1S/C25H24N2O2/c28-25(27-13-15-29-16-14-27)23-20-10-4-5-12-22(20)26-24-19(9-6-11-21(23)24)17-18-7-2-1-3-8-18/h1-5,7-8,10,12,17H,6,9,11,13-16H2. The Bertz CT molecular complexity index is 1080. The van der Waals surface area contributed by atoms with Crippen LogP contribution in [0.4, 0.5) is 0 Å². The smallest absolute Gasteiger partial charge is 0.255 e. The molecule has 2 aliphatic rings. The first kappa shape index (κ1) is 18.1. The van der Waals surface area contributed by atoms with E-state index >= 15 is 0 Å². The molecule has 0 unspecified atom stereocenters. The lowest BCUT2D eigenvalue weighted by atomic mass is 9.85. The Hall–Kier alpha value is -2.98. The quantitative estimate of drug-likeness (QED) is 0.649. The number of para-hydroxylation sites is 1. The van der Waals surface area contributed by atoms with E-state index in [9.17, 15) is 4.79 Å². The van der Waals surface area contributed by atoms with E-state index in [0.717, 1.165) is 47.0 Å². The van der Waals surface area contributed by atoms with Crippen LogP contribution in [0.25, 0.3) is 22.6 Å². The van der Waals surface area contributed by atoms with Crippen molar-refractivity contribution in [2.75, 3.05) is 26.3 Å². The van der Waals surface area contributed by atoms with Crippen molar-refractivity contribution in [3.63, 3.8) is 0 Å². The highest BCUT2D eigenvalue weighted by Crippen LogP contribution is 2.36. The monoisotopic (exact) mass is 384 g/mol. The minimum absolute atomic E-state index is 0.115. The lowest BCUT2D eigenvalue weighted by Crippen LogP contribution is -2.41. The Morgan fingerprint density at radius 2 is 1.72 bits per heavy atom. The third kappa shape index (κ3) is 3.45. The second-order valence-electron chi connectivity index (χ2n) is 7.67. The van der Waals surface area contributed by atoms with Gasteiger partial charge < -0.3 is 9.64 Å². The predicted octanol–water partition coefficient (Wildman–Crippen LogP) is 4.58. The molecule has 0 bridgehead atoms. The summed E-state index contributed by atoms with van der Waals surface area (Å²) in [6.07, 6.45) is 5.14. The van der Waals surface area contributed by atoms with Crippen LogP contribution in [0.2, 0.25) is 0 Å². The Kier molecular flexibility index (Phi) is 4.86. The Labute approximate surface area is 170 Å². The van der Waals surface area contributed by atoms with Crippen LogP contribution in [0.1, 0.15) is 40.0 Å². The number of ether oxygens (including phenoxy) is 1. The van der Waals surface area contributed by atoms with Gasteiger partial charge in [-0.25, -0.2) is 4.98 Å². The molecule has 3 aromatic rings. The molecule has 0 radical (unpaired) electrons. The Morgan fingerprint density at radius 3 is 2.55 bits per heavy atom. The number of carbonyl (C=O) groups is 1.